The van der Waals surface area contributed by atoms with Crippen LogP contribution in [0, 0.1) is 0 Å². The van der Waals surface area contributed by atoms with Gasteiger partial charge in [0.05, 0.1) is 0 Å². The second kappa shape index (κ2) is 3.87. The summed E-state index contributed by atoms with van der Waals surface area (Å²) in [5.74, 6) is 0.518. The van der Waals surface area contributed by atoms with E-state index in [1.807, 2.05) is 0 Å². The molecule has 1 aliphatic rings. The summed E-state index contributed by atoms with van der Waals surface area (Å²) in [6.45, 7) is 0. The van der Waals surface area contributed by atoms with Gasteiger partial charge in [0.25, 0.3) is 0 Å². The normalized spacial score (nSPS) is 19.4. The molecule has 84 valence electrons. The molecule has 2 rings (SSSR count). The van der Waals surface area contributed by atoms with Gasteiger partial charge in [-0.3, -0.25) is 0 Å². The molecule has 0 N–H and O–H groups in total. The zero-order chi connectivity index (χ0) is 10.9. The Morgan fingerprint density at radius 2 is 1.87 bits per heavy atom. The molecule has 0 aromatic carbocycles. The van der Waals surface area contributed by atoms with Gasteiger partial charge in [-0.15, -0.1) is 0 Å². The molecule has 0 aliphatic heterocycles. The Kier molecular flexibility index (Phi) is 2.71. The summed E-state index contributed by atoms with van der Waals surface area (Å²) < 4.78 is 41.5. The van der Waals surface area contributed by atoms with E-state index in [0.29, 0.717) is 5.76 Å². The molecule has 0 atom stereocenters. The first-order valence-corrected chi connectivity index (χ1v) is 5.11. The Bertz CT molecular complexity index is 326. The second-order valence-corrected chi connectivity index (χ2v) is 3.95. The third-order valence-corrected chi connectivity index (χ3v) is 2.83. The van der Waals surface area contributed by atoms with Crippen LogP contribution < -0.4 is 0 Å². The Morgan fingerprint density at radius 1 is 1.20 bits per heavy atom. The first-order chi connectivity index (χ1) is 7.07. The van der Waals surface area contributed by atoms with Crippen molar-refractivity contribution >= 4 is 0 Å². The van der Waals surface area contributed by atoms with Crippen LogP contribution in [0.1, 0.15) is 49.5 Å². The molecule has 5 heteroatoms. The highest BCUT2D eigenvalue weighted by Crippen LogP contribution is 2.35. The van der Waals surface area contributed by atoms with E-state index in [1.54, 1.807) is 0 Å². The van der Waals surface area contributed by atoms with Gasteiger partial charge >= 0.3 is 6.18 Å². The van der Waals surface area contributed by atoms with Crippen LogP contribution in [0.3, 0.4) is 0 Å². The standard InChI is InChI=1S/C10H12F3NO/c11-10(12,13)9-6-8(15-14-9)7-4-2-1-3-5-7/h6-7H,1-5H2. The van der Waals surface area contributed by atoms with Gasteiger partial charge in [-0.25, -0.2) is 0 Å². The van der Waals surface area contributed by atoms with Crippen LogP contribution in [0.2, 0.25) is 0 Å². The fourth-order valence-corrected chi connectivity index (χ4v) is 2.00. The van der Waals surface area contributed by atoms with Crippen molar-refractivity contribution in [3.05, 3.63) is 17.5 Å². The van der Waals surface area contributed by atoms with E-state index in [-0.39, 0.29) is 5.92 Å². The molecule has 1 aromatic rings. The maximum Gasteiger partial charge on any atom is 0.436 e. The summed E-state index contributed by atoms with van der Waals surface area (Å²) in [5, 5.41) is 3.06. The Morgan fingerprint density at radius 3 is 2.40 bits per heavy atom. The highest BCUT2D eigenvalue weighted by Gasteiger charge is 2.36. The number of halogens is 3. The molecule has 1 heterocycles. The van der Waals surface area contributed by atoms with Gasteiger partial charge in [-0.05, 0) is 12.8 Å². The van der Waals surface area contributed by atoms with Crippen LogP contribution in [0.15, 0.2) is 10.6 Å². The van der Waals surface area contributed by atoms with Crippen molar-refractivity contribution in [2.75, 3.05) is 0 Å². The summed E-state index contributed by atoms with van der Waals surface area (Å²) in [4.78, 5) is 0. The van der Waals surface area contributed by atoms with Crippen molar-refractivity contribution in [1.82, 2.24) is 5.16 Å². The minimum Gasteiger partial charge on any atom is -0.361 e. The number of aromatic nitrogens is 1. The van der Waals surface area contributed by atoms with Crippen molar-refractivity contribution in [3.63, 3.8) is 0 Å². The molecule has 0 unspecified atom stereocenters. The highest BCUT2D eigenvalue weighted by atomic mass is 19.4. The molecule has 2 nitrogen and oxygen atoms in total. The molecule has 1 aromatic heterocycles. The average Bonchev–Trinajstić information content (AvgIpc) is 2.67. The van der Waals surface area contributed by atoms with E-state index in [0.717, 1.165) is 38.2 Å². The van der Waals surface area contributed by atoms with Gasteiger partial charge in [-0.1, -0.05) is 24.4 Å². The summed E-state index contributed by atoms with van der Waals surface area (Å²) in [5.41, 5.74) is -0.914. The van der Waals surface area contributed by atoms with Gasteiger partial charge in [0.2, 0.25) is 0 Å². The molecular formula is C10H12F3NO. The van der Waals surface area contributed by atoms with E-state index in [9.17, 15) is 13.2 Å². The van der Waals surface area contributed by atoms with Gasteiger partial charge < -0.3 is 4.52 Å². The predicted molar refractivity (Wildman–Crippen MR) is 47.3 cm³/mol. The van der Waals surface area contributed by atoms with Crippen LogP contribution >= 0.6 is 0 Å². The van der Waals surface area contributed by atoms with Crippen molar-refractivity contribution < 1.29 is 17.7 Å². The molecule has 1 fully saturated rings. The summed E-state index contributed by atoms with van der Waals surface area (Å²) in [6, 6.07) is 1.04. The lowest BCUT2D eigenvalue weighted by Gasteiger charge is -2.18. The zero-order valence-electron chi connectivity index (χ0n) is 8.18. The quantitative estimate of drug-likeness (QED) is 0.719. The maximum absolute atomic E-state index is 12.2. The average molecular weight is 219 g/mol. The third kappa shape index (κ3) is 2.33. The lowest BCUT2D eigenvalue weighted by Crippen LogP contribution is -2.05. The largest absolute Gasteiger partial charge is 0.436 e. The Balaban J connectivity index is 2.12. The predicted octanol–water partition coefficient (Wildman–Crippen LogP) is 3.74. The molecular weight excluding hydrogens is 207 g/mol. The van der Waals surface area contributed by atoms with Crippen molar-refractivity contribution in [3.8, 4) is 0 Å². The maximum atomic E-state index is 12.2. The number of hydrogen-bond donors (Lipinski definition) is 0. The number of nitrogens with zero attached hydrogens (tertiary/aromatic N) is 1. The Hall–Kier alpha value is -1.00. The molecule has 15 heavy (non-hydrogen) atoms. The first kappa shape index (κ1) is 10.5. The van der Waals surface area contributed by atoms with Crippen LogP contribution in [0.5, 0.6) is 0 Å². The van der Waals surface area contributed by atoms with Crippen LogP contribution in [-0.2, 0) is 6.18 Å². The van der Waals surface area contributed by atoms with Crippen molar-refractivity contribution in [2.24, 2.45) is 0 Å². The Labute approximate surface area is 85.4 Å². The lowest BCUT2D eigenvalue weighted by molar-refractivity contribution is -0.142. The van der Waals surface area contributed by atoms with Gasteiger partial charge in [0, 0.05) is 12.0 Å². The third-order valence-electron chi connectivity index (χ3n) is 2.83. The van der Waals surface area contributed by atoms with E-state index in [1.165, 1.54) is 0 Å². The molecule has 1 aliphatic carbocycles. The number of hydrogen-bond acceptors (Lipinski definition) is 2. The van der Waals surface area contributed by atoms with Gasteiger partial charge in [0.1, 0.15) is 5.76 Å². The summed E-state index contributed by atoms with van der Waals surface area (Å²) in [6.07, 6.45) is 0.714. The SMILES string of the molecule is FC(F)(F)c1cc(C2CCCCC2)on1. The van der Waals surface area contributed by atoms with E-state index < -0.39 is 11.9 Å². The monoisotopic (exact) mass is 219 g/mol. The summed E-state index contributed by atoms with van der Waals surface area (Å²) >= 11 is 0. The van der Waals surface area contributed by atoms with E-state index >= 15 is 0 Å². The number of alkyl halides is 3. The highest BCUT2D eigenvalue weighted by molar-refractivity contribution is 5.12. The van der Waals surface area contributed by atoms with Crippen molar-refractivity contribution in [2.45, 2.75) is 44.2 Å². The molecule has 0 saturated heterocycles. The molecule has 1 saturated carbocycles. The zero-order valence-corrected chi connectivity index (χ0v) is 8.18. The fourth-order valence-electron chi connectivity index (χ4n) is 2.00. The van der Waals surface area contributed by atoms with Gasteiger partial charge in [-0.2, -0.15) is 13.2 Å². The molecule has 0 spiro atoms. The van der Waals surface area contributed by atoms with Crippen LogP contribution in [0.25, 0.3) is 0 Å². The molecule has 0 amide bonds. The van der Waals surface area contributed by atoms with Gasteiger partial charge in [0.15, 0.2) is 5.69 Å². The fraction of sp³-hybridized carbons (Fsp3) is 0.700. The molecule has 0 radical (unpaired) electrons. The van der Waals surface area contributed by atoms with E-state index in [2.05, 4.69) is 5.16 Å². The summed E-state index contributed by atoms with van der Waals surface area (Å²) in [7, 11) is 0. The topological polar surface area (TPSA) is 26.0 Å². The van der Waals surface area contributed by atoms with Crippen LogP contribution in [0.4, 0.5) is 13.2 Å². The number of rotatable bonds is 1. The minimum atomic E-state index is -4.39. The van der Waals surface area contributed by atoms with E-state index in [4.69, 9.17) is 4.52 Å². The van der Waals surface area contributed by atoms with Crippen molar-refractivity contribution in [1.29, 1.82) is 0 Å². The smallest absolute Gasteiger partial charge is 0.361 e. The minimum absolute atomic E-state index is 0.127. The first-order valence-electron chi connectivity index (χ1n) is 5.11. The van der Waals surface area contributed by atoms with Crippen LogP contribution in [-0.4, -0.2) is 5.16 Å². The lowest BCUT2D eigenvalue weighted by atomic mass is 9.87. The molecule has 0 bridgehead atoms. The second-order valence-electron chi connectivity index (χ2n) is 3.95.